The van der Waals surface area contributed by atoms with Gasteiger partial charge in [-0.25, -0.2) is 13.1 Å². The second kappa shape index (κ2) is 7.10. The van der Waals surface area contributed by atoms with Gasteiger partial charge >= 0.3 is 0 Å². The Balaban J connectivity index is 2.55. The van der Waals surface area contributed by atoms with E-state index in [2.05, 4.69) is 20.7 Å². The van der Waals surface area contributed by atoms with Crippen molar-refractivity contribution in [2.45, 2.75) is 24.2 Å². The van der Waals surface area contributed by atoms with Crippen molar-refractivity contribution in [3.05, 3.63) is 28.7 Å². The van der Waals surface area contributed by atoms with Gasteiger partial charge in [0.05, 0.1) is 4.90 Å². The van der Waals surface area contributed by atoms with Crippen molar-refractivity contribution in [2.24, 2.45) is 0 Å². The molecule has 0 aliphatic carbocycles. The van der Waals surface area contributed by atoms with Crippen LogP contribution in [0.3, 0.4) is 0 Å². The molecule has 0 aromatic heterocycles. The first-order valence-corrected chi connectivity index (χ1v) is 7.70. The normalized spacial score (nSPS) is 11.6. The maximum Gasteiger partial charge on any atom is 0.241 e. The van der Waals surface area contributed by atoms with Crippen LogP contribution >= 0.6 is 15.9 Å². The summed E-state index contributed by atoms with van der Waals surface area (Å²) in [7, 11) is -3.44. The Labute approximate surface area is 110 Å². The highest BCUT2D eigenvalue weighted by molar-refractivity contribution is 9.10. The van der Waals surface area contributed by atoms with E-state index in [-0.39, 0.29) is 11.5 Å². The third-order valence-electron chi connectivity index (χ3n) is 2.25. The molecule has 2 N–H and O–H groups in total. The summed E-state index contributed by atoms with van der Waals surface area (Å²) in [5.41, 5.74) is 0. The Morgan fingerprint density at radius 1 is 1.18 bits per heavy atom. The molecule has 0 saturated heterocycles. The number of halogens is 1. The first-order valence-electron chi connectivity index (χ1n) is 5.43. The van der Waals surface area contributed by atoms with Gasteiger partial charge in [-0.05, 0) is 47.3 Å². The summed E-state index contributed by atoms with van der Waals surface area (Å²) < 4.78 is 26.9. The van der Waals surface area contributed by atoms with Gasteiger partial charge in [0.2, 0.25) is 10.0 Å². The predicted molar refractivity (Wildman–Crippen MR) is 70.3 cm³/mol. The number of aliphatic hydroxyl groups is 1. The van der Waals surface area contributed by atoms with Crippen molar-refractivity contribution in [1.82, 2.24) is 4.72 Å². The van der Waals surface area contributed by atoms with Gasteiger partial charge in [0, 0.05) is 17.6 Å². The molecule has 4 nitrogen and oxygen atoms in total. The lowest BCUT2D eigenvalue weighted by Crippen LogP contribution is -2.25. The summed E-state index contributed by atoms with van der Waals surface area (Å²) in [5, 5.41) is 8.59. The molecule has 1 aromatic carbocycles. The lowest BCUT2D eigenvalue weighted by molar-refractivity contribution is 0.283. The number of aliphatic hydroxyl groups excluding tert-OH is 1. The fraction of sp³-hybridized carbons (Fsp3) is 0.455. The lowest BCUT2D eigenvalue weighted by atomic mass is 10.2. The van der Waals surface area contributed by atoms with Gasteiger partial charge < -0.3 is 5.11 Å². The summed E-state index contributed by atoms with van der Waals surface area (Å²) in [4.78, 5) is 0.252. The molecule has 0 aliphatic heterocycles. The monoisotopic (exact) mass is 321 g/mol. The molecule has 1 rings (SSSR count). The van der Waals surface area contributed by atoms with Crippen LogP contribution in [-0.2, 0) is 10.0 Å². The molecule has 6 heteroatoms. The smallest absolute Gasteiger partial charge is 0.241 e. The summed E-state index contributed by atoms with van der Waals surface area (Å²) >= 11 is 3.21. The van der Waals surface area contributed by atoms with Crippen LogP contribution in [0.1, 0.15) is 19.3 Å². The third kappa shape index (κ3) is 4.75. The van der Waals surface area contributed by atoms with Crippen LogP contribution in [0.5, 0.6) is 0 Å². The molecule has 0 unspecified atom stereocenters. The second-order valence-electron chi connectivity index (χ2n) is 3.61. The van der Waals surface area contributed by atoms with E-state index in [0.717, 1.165) is 12.8 Å². The van der Waals surface area contributed by atoms with E-state index in [9.17, 15) is 8.42 Å². The number of hydrogen-bond acceptors (Lipinski definition) is 3. The molecule has 17 heavy (non-hydrogen) atoms. The average Bonchev–Trinajstić information content (AvgIpc) is 2.29. The maximum absolute atomic E-state index is 11.9. The average molecular weight is 322 g/mol. The molecule has 0 atom stereocenters. The molecule has 0 spiro atoms. The van der Waals surface area contributed by atoms with Crippen molar-refractivity contribution in [3.8, 4) is 0 Å². The molecule has 0 fully saturated rings. The zero-order chi connectivity index (χ0) is 12.7. The van der Waals surface area contributed by atoms with Gasteiger partial charge in [-0.15, -0.1) is 0 Å². The first kappa shape index (κ1) is 14.6. The molecule has 0 amide bonds. The highest BCUT2D eigenvalue weighted by Gasteiger charge is 2.15. The first-order chi connectivity index (χ1) is 8.08. The quantitative estimate of drug-likeness (QED) is 0.754. The van der Waals surface area contributed by atoms with E-state index in [1.807, 2.05) is 0 Å². The minimum atomic E-state index is -3.44. The van der Waals surface area contributed by atoms with Crippen molar-refractivity contribution >= 4 is 26.0 Å². The Bertz CT molecular complexity index is 448. The minimum Gasteiger partial charge on any atom is -0.396 e. The molecule has 0 bridgehead atoms. The molecule has 1 aromatic rings. The highest BCUT2D eigenvalue weighted by Crippen LogP contribution is 2.20. The van der Waals surface area contributed by atoms with Crippen LogP contribution in [0, 0.1) is 0 Å². The highest BCUT2D eigenvalue weighted by atomic mass is 79.9. The van der Waals surface area contributed by atoms with Gasteiger partial charge in [0.1, 0.15) is 0 Å². The Kier molecular flexibility index (Phi) is 6.11. The Morgan fingerprint density at radius 2 is 1.88 bits per heavy atom. The summed E-state index contributed by atoms with van der Waals surface area (Å²) in [6.45, 7) is 0.542. The second-order valence-corrected chi connectivity index (χ2v) is 6.20. The SMILES string of the molecule is O=S(=O)(NCCCCCO)c1ccccc1Br. The minimum absolute atomic E-state index is 0.150. The van der Waals surface area contributed by atoms with Crippen LogP contribution in [-0.4, -0.2) is 26.7 Å². The third-order valence-corrected chi connectivity index (χ3v) is 4.73. The van der Waals surface area contributed by atoms with Gasteiger partial charge in [0.25, 0.3) is 0 Å². The van der Waals surface area contributed by atoms with Crippen molar-refractivity contribution < 1.29 is 13.5 Å². The number of rotatable bonds is 7. The molecule has 0 radical (unpaired) electrons. The fourth-order valence-corrected chi connectivity index (χ4v) is 3.44. The number of hydrogen-bond donors (Lipinski definition) is 2. The van der Waals surface area contributed by atoms with E-state index in [1.54, 1.807) is 24.3 Å². The predicted octanol–water partition coefficient (Wildman–Crippen LogP) is 1.89. The topological polar surface area (TPSA) is 66.4 Å². The number of nitrogens with one attached hydrogen (secondary N) is 1. The fourth-order valence-electron chi connectivity index (χ4n) is 1.36. The number of benzene rings is 1. The Hall–Kier alpha value is -0.430. The van der Waals surface area contributed by atoms with Crippen LogP contribution in [0.15, 0.2) is 33.6 Å². The summed E-state index contributed by atoms with van der Waals surface area (Å²) in [5.74, 6) is 0. The number of sulfonamides is 1. The van der Waals surface area contributed by atoms with E-state index in [0.29, 0.717) is 17.4 Å². The van der Waals surface area contributed by atoms with Crippen molar-refractivity contribution in [2.75, 3.05) is 13.2 Å². The molecule has 96 valence electrons. The number of unbranched alkanes of at least 4 members (excludes halogenated alkanes) is 2. The van der Waals surface area contributed by atoms with Crippen LogP contribution in [0.2, 0.25) is 0 Å². The van der Waals surface area contributed by atoms with Gasteiger partial charge in [-0.1, -0.05) is 12.1 Å². The largest absolute Gasteiger partial charge is 0.396 e. The standard InChI is InChI=1S/C11H16BrNO3S/c12-10-6-2-3-7-11(10)17(15,16)13-8-4-1-5-9-14/h2-3,6-7,13-14H,1,4-5,8-9H2. The van der Waals surface area contributed by atoms with Gasteiger partial charge in [-0.3, -0.25) is 0 Å². The molecule has 0 heterocycles. The van der Waals surface area contributed by atoms with E-state index in [4.69, 9.17) is 5.11 Å². The van der Waals surface area contributed by atoms with E-state index >= 15 is 0 Å². The molecule has 0 saturated carbocycles. The van der Waals surface area contributed by atoms with E-state index < -0.39 is 10.0 Å². The van der Waals surface area contributed by atoms with Crippen molar-refractivity contribution in [1.29, 1.82) is 0 Å². The zero-order valence-corrected chi connectivity index (χ0v) is 11.8. The molecule has 0 aliphatic rings. The van der Waals surface area contributed by atoms with Gasteiger partial charge in [0.15, 0.2) is 0 Å². The van der Waals surface area contributed by atoms with Crippen LogP contribution in [0.4, 0.5) is 0 Å². The zero-order valence-electron chi connectivity index (χ0n) is 9.39. The lowest BCUT2D eigenvalue weighted by Gasteiger charge is -2.07. The summed E-state index contributed by atoms with van der Waals surface area (Å²) in [6.07, 6.45) is 2.25. The van der Waals surface area contributed by atoms with E-state index in [1.165, 1.54) is 0 Å². The molecular weight excluding hydrogens is 306 g/mol. The van der Waals surface area contributed by atoms with Gasteiger partial charge in [-0.2, -0.15) is 0 Å². The molecular formula is C11H16BrNO3S. The maximum atomic E-state index is 11.9. The van der Waals surface area contributed by atoms with Crippen LogP contribution < -0.4 is 4.72 Å². The Morgan fingerprint density at radius 3 is 2.53 bits per heavy atom. The van der Waals surface area contributed by atoms with Crippen molar-refractivity contribution in [3.63, 3.8) is 0 Å². The van der Waals surface area contributed by atoms with Crippen LogP contribution in [0.25, 0.3) is 0 Å². The summed E-state index contributed by atoms with van der Waals surface area (Å²) in [6, 6.07) is 6.70.